The predicted octanol–water partition coefficient (Wildman–Crippen LogP) is 2.62. The largest absolute Gasteiger partial charge is 0.355 e. The second kappa shape index (κ2) is 6.82. The van der Waals surface area contributed by atoms with Crippen LogP contribution in [0.2, 0.25) is 0 Å². The van der Waals surface area contributed by atoms with Gasteiger partial charge in [-0.15, -0.1) is 0 Å². The van der Waals surface area contributed by atoms with E-state index in [9.17, 15) is 9.59 Å². The molecule has 2 atom stereocenters. The topological polar surface area (TPSA) is 49.4 Å². The van der Waals surface area contributed by atoms with Crippen molar-refractivity contribution in [1.29, 1.82) is 0 Å². The van der Waals surface area contributed by atoms with Gasteiger partial charge < -0.3 is 10.2 Å². The molecule has 2 amide bonds. The highest BCUT2D eigenvalue weighted by molar-refractivity contribution is 7.07. The van der Waals surface area contributed by atoms with Gasteiger partial charge in [0.2, 0.25) is 11.8 Å². The number of hydrogen-bond acceptors (Lipinski definition) is 3. The molecule has 0 aromatic carbocycles. The molecule has 0 unspecified atom stereocenters. The molecule has 0 bridgehead atoms. The lowest BCUT2D eigenvalue weighted by Gasteiger charge is -2.32. The van der Waals surface area contributed by atoms with E-state index < -0.39 is 0 Å². The van der Waals surface area contributed by atoms with Gasteiger partial charge in [0.05, 0.1) is 5.92 Å². The fraction of sp³-hybridized carbons (Fsp3) is 0.647. The Hall–Kier alpha value is -1.36. The van der Waals surface area contributed by atoms with Crippen molar-refractivity contribution in [3.05, 3.63) is 22.4 Å². The van der Waals surface area contributed by atoms with Crippen LogP contribution in [-0.2, 0) is 9.59 Å². The van der Waals surface area contributed by atoms with E-state index in [4.69, 9.17) is 0 Å². The van der Waals surface area contributed by atoms with Crippen LogP contribution in [0.25, 0.3) is 0 Å². The van der Waals surface area contributed by atoms with Crippen LogP contribution >= 0.6 is 11.3 Å². The summed E-state index contributed by atoms with van der Waals surface area (Å²) in [4.78, 5) is 26.4. The van der Waals surface area contributed by atoms with Crippen LogP contribution in [0.4, 0.5) is 0 Å². The van der Waals surface area contributed by atoms with Crippen LogP contribution in [0.1, 0.15) is 44.1 Å². The van der Waals surface area contributed by atoms with Crippen LogP contribution in [0.3, 0.4) is 0 Å². The van der Waals surface area contributed by atoms with Crippen molar-refractivity contribution in [1.82, 2.24) is 10.2 Å². The Kier molecular flexibility index (Phi) is 4.81. The summed E-state index contributed by atoms with van der Waals surface area (Å²) >= 11 is 1.69. The molecule has 22 heavy (non-hydrogen) atoms. The summed E-state index contributed by atoms with van der Waals surface area (Å²) in [7, 11) is 0. The Labute approximate surface area is 135 Å². The van der Waals surface area contributed by atoms with Crippen molar-refractivity contribution in [2.75, 3.05) is 19.6 Å². The SMILES string of the molecule is C[C@@H](CNC(=O)[C@H]1CCCN(C(=O)C2CC2)C1)c1ccsc1. The molecule has 0 radical (unpaired) electrons. The van der Waals surface area contributed by atoms with Crippen molar-refractivity contribution >= 4 is 23.2 Å². The first kappa shape index (κ1) is 15.5. The van der Waals surface area contributed by atoms with E-state index in [-0.39, 0.29) is 23.7 Å². The second-order valence-electron chi connectivity index (χ2n) is 6.60. The van der Waals surface area contributed by atoms with E-state index in [1.165, 1.54) is 5.56 Å². The van der Waals surface area contributed by atoms with Crippen LogP contribution in [-0.4, -0.2) is 36.3 Å². The Morgan fingerprint density at radius 3 is 2.86 bits per heavy atom. The van der Waals surface area contributed by atoms with Crippen molar-refractivity contribution < 1.29 is 9.59 Å². The Bertz CT molecular complexity index is 525. The zero-order valence-electron chi connectivity index (χ0n) is 13.1. The number of nitrogens with one attached hydrogen (secondary N) is 1. The molecule has 5 heteroatoms. The molecule has 4 nitrogen and oxygen atoms in total. The molecular weight excluding hydrogens is 296 g/mol. The highest BCUT2D eigenvalue weighted by Gasteiger charge is 2.36. The zero-order chi connectivity index (χ0) is 15.5. The highest BCUT2D eigenvalue weighted by Crippen LogP contribution is 2.32. The maximum atomic E-state index is 12.4. The van der Waals surface area contributed by atoms with Gasteiger partial charge in [-0.25, -0.2) is 0 Å². The molecule has 1 saturated heterocycles. The minimum Gasteiger partial charge on any atom is -0.355 e. The van der Waals surface area contributed by atoms with Gasteiger partial charge >= 0.3 is 0 Å². The average molecular weight is 320 g/mol. The number of carbonyl (C=O) groups excluding carboxylic acids is 2. The molecule has 120 valence electrons. The number of carbonyl (C=O) groups is 2. The van der Waals surface area contributed by atoms with Crippen molar-refractivity contribution in [3.8, 4) is 0 Å². The van der Waals surface area contributed by atoms with Gasteiger partial charge in [0, 0.05) is 25.6 Å². The maximum absolute atomic E-state index is 12.4. The third-order valence-electron chi connectivity index (χ3n) is 4.73. The molecule has 1 aromatic rings. The van der Waals surface area contributed by atoms with Crippen LogP contribution < -0.4 is 5.32 Å². The van der Waals surface area contributed by atoms with Gasteiger partial charge in [0.15, 0.2) is 0 Å². The Morgan fingerprint density at radius 2 is 2.18 bits per heavy atom. The fourth-order valence-corrected chi connectivity index (χ4v) is 3.83. The molecule has 2 fully saturated rings. The van der Waals surface area contributed by atoms with Crippen molar-refractivity contribution in [2.24, 2.45) is 11.8 Å². The fourth-order valence-electron chi connectivity index (χ4n) is 3.05. The van der Waals surface area contributed by atoms with Crippen LogP contribution in [0.5, 0.6) is 0 Å². The van der Waals surface area contributed by atoms with Gasteiger partial charge in [-0.1, -0.05) is 6.92 Å². The number of amides is 2. The first-order valence-electron chi connectivity index (χ1n) is 8.23. The number of piperidine rings is 1. The third-order valence-corrected chi connectivity index (χ3v) is 5.43. The third kappa shape index (κ3) is 3.69. The van der Waals surface area contributed by atoms with Crippen LogP contribution in [0.15, 0.2) is 16.8 Å². The van der Waals surface area contributed by atoms with E-state index in [2.05, 4.69) is 29.1 Å². The molecule has 1 saturated carbocycles. The first-order valence-corrected chi connectivity index (χ1v) is 9.18. The lowest BCUT2D eigenvalue weighted by Crippen LogP contribution is -2.46. The minimum atomic E-state index is -0.0360. The van der Waals surface area contributed by atoms with E-state index >= 15 is 0 Å². The highest BCUT2D eigenvalue weighted by atomic mass is 32.1. The smallest absolute Gasteiger partial charge is 0.225 e. The van der Waals surface area contributed by atoms with E-state index in [0.717, 1.165) is 32.2 Å². The van der Waals surface area contributed by atoms with Gasteiger partial charge in [0.25, 0.3) is 0 Å². The van der Waals surface area contributed by atoms with Crippen molar-refractivity contribution in [2.45, 2.75) is 38.5 Å². The molecule has 2 heterocycles. The first-order chi connectivity index (χ1) is 10.6. The quantitative estimate of drug-likeness (QED) is 0.906. The second-order valence-corrected chi connectivity index (χ2v) is 7.38. The normalized spacial score (nSPS) is 23.1. The summed E-state index contributed by atoms with van der Waals surface area (Å²) in [5.41, 5.74) is 1.28. The molecule has 1 aliphatic carbocycles. The Balaban J connectivity index is 1.48. The van der Waals surface area contributed by atoms with Gasteiger partial charge in [-0.2, -0.15) is 11.3 Å². The monoisotopic (exact) mass is 320 g/mol. The number of nitrogens with zero attached hydrogens (tertiary/aromatic N) is 1. The summed E-state index contributed by atoms with van der Waals surface area (Å²) in [6.45, 7) is 4.23. The van der Waals surface area contributed by atoms with Crippen LogP contribution in [0, 0.1) is 11.8 Å². The maximum Gasteiger partial charge on any atom is 0.225 e. The predicted molar refractivity (Wildman–Crippen MR) is 87.8 cm³/mol. The van der Waals surface area contributed by atoms with Gasteiger partial charge in [0.1, 0.15) is 0 Å². The summed E-state index contributed by atoms with van der Waals surface area (Å²) in [6.07, 6.45) is 3.90. The summed E-state index contributed by atoms with van der Waals surface area (Å²) < 4.78 is 0. The average Bonchev–Trinajstić information content (AvgIpc) is 3.25. The van der Waals surface area contributed by atoms with Gasteiger partial charge in [-0.05, 0) is 54.0 Å². The standard InChI is InChI=1S/C17H24N2O2S/c1-12(15-6-8-22-11-15)9-18-16(20)14-3-2-7-19(10-14)17(21)13-4-5-13/h6,8,11-14H,2-5,7,9-10H2,1H3,(H,18,20)/t12-,14-/m0/s1. The summed E-state index contributed by atoms with van der Waals surface area (Å²) in [6, 6.07) is 2.11. The molecular formula is C17H24N2O2S. The number of thiophene rings is 1. The number of hydrogen-bond donors (Lipinski definition) is 1. The summed E-state index contributed by atoms with van der Waals surface area (Å²) in [5.74, 6) is 0.925. The minimum absolute atomic E-state index is 0.0360. The van der Waals surface area contributed by atoms with E-state index in [0.29, 0.717) is 19.0 Å². The molecule has 0 spiro atoms. The summed E-state index contributed by atoms with van der Waals surface area (Å²) in [5, 5.41) is 7.27. The lowest BCUT2D eigenvalue weighted by atomic mass is 9.96. The molecule has 3 rings (SSSR count). The zero-order valence-corrected chi connectivity index (χ0v) is 13.9. The Morgan fingerprint density at radius 1 is 1.36 bits per heavy atom. The van der Waals surface area contributed by atoms with Gasteiger partial charge in [-0.3, -0.25) is 9.59 Å². The molecule has 2 aliphatic rings. The van der Waals surface area contributed by atoms with E-state index in [1.54, 1.807) is 11.3 Å². The number of likely N-dealkylation sites (tertiary alicyclic amines) is 1. The molecule has 1 aromatic heterocycles. The molecule has 1 aliphatic heterocycles. The van der Waals surface area contributed by atoms with Crippen molar-refractivity contribution in [3.63, 3.8) is 0 Å². The lowest BCUT2D eigenvalue weighted by molar-refractivity contribution is -0.136. The molecule has 1 N–H and O–H groups in total. The van der Waals surface area contributed by atoms with E-state index in [1.807, 2.05) is 4.90 Å². The number of rotatable bonds is 5.